The standard InChI is InChI=1S/C18H20F3N/c1-12-6-7-17(13(2)8-12)15(11-22)9-14-4-3-5-16(10-14)18(19,20)21/h3-8,10,15H,9,11,22H2,1-2H3. The fraction of sp³-hybridized carbons (Fsp3) is 0.333. The van der Waals surface area contributed by atoms with Crippen LogP contribution in [0.15, 0.2) is 42.5 Å². The van der Waals surface area contributed by atoms with Gasteiger partial charge >= 0.3 is 6.18 Å². The van der Waals surface area contributed by atoms with Crippen LogP contribution in [0, 0.1) is 13.8 Å². The van der Waals surface area contributed by atoms with Gasteiger partial charge in [0.15, 0.2) is 0 Å². The van der Waals surface area contributed by atoms with Gasteiger partial charge in [0.25, 0.3) is 0 Å². The van der Waals surface area contributed by atoms with Crippen molar-refractivity contribution >= 4 is 0 Å². The molecule has 0 spiro atoms. The Balaban J connectivity index is 2.27. The van der Waals surface area contributed by atoms with Crippen LogP contribution >= 0.6 is 0 Å². The summed E-state index contributed by atoms with van der Waals surface area (Å²) in [6.45, 7) is 4.43. The fourth-order valence-electron chi connectivity index (χ4n) is 2.76. The Morgan fingerprint density at radius 1 is 1.05 bits per heavy atom. The first-order valence-corrected chi connectivity index (χ1v) is 7.24. The molecule has 22 heavy (non-hydrogen) atoms. The highest BCUT2D eigenvalue weighted by Gasteiger charge is 2.30. The van der Waals surface area contributed by atoms with E-state index < -0.39 is 11.7 Å². The number of halogens is 3. The minimum atomic E-state index is -4.31. The Labute approximate surface area is 129 Å². The molecule has 0 saturated heterocycles. The molecular weight excluding hydrogens is 287 g/mol. The first-order valence-electron chi connectivity index (χ1n) is 7.24. The third-order valence-corrected chi connectivity index (χ3v) is 3.89. The fourth-order valence-corrected chi connectivity index (χ4v) is 2.76. The number of hydrogen-bond acceptors (Lipinski definition) is 1. The molecule has 0 bridgehead atoms. The summed E-state index contributed by atoms with van der Waals surface area (Å²) in [5, 5.41) is 0. The van der Waals surface area contributed by atoms with E-state index in [2.05, 4.69) is 6.07 Å². The maximum Gasteiger partial charge on any atom is 0.416 e. The molecule has 0 saturated carbocycles. The predicted octanol–water partition coefficient (Wildman–Crippen LogP) is 4.61. The number of alkyl halides is 3. The van der Waals surface area contributed by atoms with Crippen LogP contribution in [0.25, 0.3) is 0 Å². The molecule has 0 aliphatic heterocycles. The van der Waals surface area contributed by atoms with Crippen LogP contribution in [0.2, 0.25) is 0 Å². The van der Waals surface area contributed by atoms with Gasteiger partial charge in [0.1, 0.15) is 0 Å². The van der Waals surface area contributed by atoms with Crippen molar-refractivity contribution in [3.63, 3.8) is 0 Å². The van der Waals surface area contributed by atoms with Gasteiger partial charge in [0.05, 0.1) is 5.56 Å². The summed E-state index contributed by atoms with van der Waals surface area (Å²) in [4.78, 5) is 0. The molecular formula is C18H20F3N. The summed E-state index contributed by atoms with van der Waals surface area (Å²) in [7, 11) is 0. The van der Waals surface area contributed by atoms with Crippen molar-refractivity contribution in [1.29, 1.82) is 0 Å². The van der Waals surface area contributed by atoms with Crippen molar-refractivity contribution in [2.75, 3.05) is 6.54 Å². The van der Waals surface area contributed by atoms with Crippen LogP contribution in [0.3, 0.4) is 0 Å². The molecule has 2 N–H and O–H groups in total. The van der Waals surface area contributed by atoms with E-state index in [1.54, 1.807) is 6.07 Å². The molecule has 1 nitrogen and oxygen atoms in total. The minimum absolute atomic E-state index is 0.0177. The van der Waals surface area contributed by atoms with E-state index in [1.807, 2.05) is 26.0 Å². The molecule has 2 aromatic rings. The lowest BCUT2D eigenvalue weighted by Gasteiger charge is -2.19. The SMILES string of the molecule is Cc1ccc(C(CN)Cc2cccc(C(F)(F)F)c2)c(C)c1. The average molecular weight is 307 g/mol. The van der Waals surface area contributed by atoms with Gasteiger partial charge in [-0.05, 0) is 49.6 Å². The normalized spacial score (nSPS) is 13.2. The first kappa shape index (κ1) is 16.6. The topological polar surface area (TPSA) is 26.0 Å². The number of benzene rings is 2. The van der Waals surface area contributed by atoms with E-state index >= 15 is 0 Å². The molecule has 0 aromatic heterocycles. The second-order valence-corrected chi connectivity index (χ2v) is 5.69. The maximum atomic E-state index is 12.8. The summed E-state index contributed by atoms with van der Waals surface area (Å²) in [6, 6.07) is 11.6. The van der Waals surface area contributed by atoms with E-state index in [1.165, 1.54) is 12.1 Å². The second-order valence-electron chi connectivity index (χ2n) is 5.69. The molecule has 0 radical (unpaired) electrons. The Hall–Kier alpha value is -1.81. The molecule has 0 aliphatic carbocycles. The molecule has 0 heterocycles. The summed E-state index contributed by atoms with van der Waals surface area (Å²) < 4.78 is 38.4. The zero-order chi connectivity index (χ0) is 16.3. The van der Waals surface area contributed by atoms with E-state index in [9.17, 15) is 13.2 Å². The van der Waals surface area contributed by atoms with Crippen molar-refractivity contribution < 1.29 is 13.2 Å². The Kier molecular flexibility index (Phi) is 4.91. The third kappa shape index (κ3) is 3.89. The maximum absolute atomic E-state index is 12.8. The van der Waals surface area contributed by atoms with Crippen molar-refractivity contribution in [3.8, 4) is 0 Å². The predicted molar refractivity (Wildman–Crippen MR) is 82.9 cm³/mol. The van der Waals surface area contributed by atoms with Gasteiger partial charge < -0.3 is 5.73 Å². The summed E-state index contributed by atoms with van der Waals surface area (Å²) in [5.41, 5.74) is 9.30. The number of aryl methyl sites for hydroxylation is 2. The van der Waals surface area contributed by atoms with Gasteiger partial charge in [0.2, 0.25) is 0 Å². The zero-order valence-electron chi connectivity index (χ0n) is 12.7. The van der Waals surface area contributed by atoms with Gasteiger partial charge in [-0.15, -0.1) is 0 Å². The van der Waals surface area contributed by atoms with Gasteiger partial charge in [-0.25, -0.2) is 0 Å². The quantitative estimate of drug-likeness (QED) is 0.877. The van der Waals surface area contributed by atoms with Gasteiger partial charge in [-0.3, -0.25) is 0 Å². The van der Waals surface area contributed by atoms with E-state index in [0.29, 0.717) is 18.5 Å². The lowest BCUT2D eigenvalue weighted by Crippen LogP contribution is -2.16. The summed E-state index contributed by atoms with van der Waals surface area (Å²) in [6.07, 6.45) is -3.81. The van der Waals surface area contributed by atoms with Crippen molar-refractivity contribution in [2.24, 2.45) is 5.73 Å². The smallest absolute Gasteiger partial charge is 0.330 e. The van der Waals surface area contributed by atoms with Crippen molar-refractivity contribution in [1.82, 2.24) is 0 Å². The molecule has 2 rings (SSSR count). The number of rotatable bonds is 4. The highest BCUT2D eigenvalue weighted by Crippen LogP contribution is 2.31. The lowest BCUT2D eigenvalue weighted by atomic mass is 9.88. The molecule has 2 aromatic carbocycles. The molecule has 4 heteroatoms. The summed E-state index contributed by atoms with van der Waals surface area (Å²) >= 11 is 0. The highest BCUT2D eigenvalue weighted by molar-refractivity contribution is 5.35. The van der Waals surface area contributed by atoms with Crippen LogP contribution < -0.4 is 5.73 Å². The van der Waals surface area contributed by atoms with Gasteiger partial charge in [0, 0.05) is 5.92 Å². The molecule has 0 fully saturated rings. The van der Waals surface area contributed by atoms with Crippen molar-refractivity contribution in [2.45, 2.75) is 32.4 Å². The number of nitrogens with two attached hydrogens (primary N) is 1. The third-order valence-electron chi connectivity index (χ3n) is 3.89. The van der Waals surface area contributed by atoms with E-state index in [-0.39, 0.29) is 5.92 Å². The van der Waals surface area contributed by atoms with Crippen molar-refractivity contribution in [3.05, 3.63) is 70.3 Å². The van der Waals surface area contributed by atoms with Crippen LogP contribution in [-0.4, -0.2) is 6.54 Å². The van der Waals surface area contributed by atoms with Crippen LogP contribution in [0.4, 0.5) is 13.2 Å². The minimum Gasteiger partial charge on any atom is -0.330 e. The molecule has 1 unspecified atom stereocenters. The lowest BCUT2D eigenvalue weighted by molar-refractivity contribution is -0.137. The van der Waals surface area contributed by atoms with Gasteiger partial charge in [-0.1, -0.05) is 42.0 Å². The Morgan fingerprint density at radius 3 is 2.36 bits per heavy atom. The molecule has 1 atom stereocenters. The number of hydrogen-bond donors (Lipinski definition) is 1. The Bertz CT molecular complexity index is 647. The van der Waals surface area contributed by atoms with E-state index in [0.717, 1.165) is 22.8 Å². The second kappa shape index (κ2) is 6.53. The summed E-state index contributed by atoms with van der Waals surface area (Å²) in [5.74, 6) is 0.0177. The van der Waals surface area contributed by atoms with Crippen LogP contribution in [0.1, 0.15) is 33.7 Å². The average Bonchev–Trinajstić information content (AvgIpc) is 2.45. The van der Waals surface area contributed by atoms with Gasteiger partial charge in [-0.2, -0.15) is 13.2 Å². The first-order chi connectivity index (χ1) is 10.3. The highest BCUT2D eigenvalue weighted by atomic mass is 19.4. The Morgan fingerprint density at radius 2 is 1.77 bits per heavy atom. The molecule has 0 aliphatic rings. The molecule has 0 amide bonds. The monoisotopic (exact) mass is 307 g/mol. The van der Waals surface area contributed by atoms with Crippen LogP contribution in [0.5, 0.6) is 0 Å². The van der Waals surface area contributed by atoms with E-state index in [4.69, 9.17) is 5.73 Å². The molecule has 118 valence electrons. The largest absolute Gasteiger partial charge is 0.416 e. The zero-order valence-corrected chi connectivity index (χ0v) is 12.7. The van der Waals surface area contributed by atoms with Crippen LogP contribution in [-0.2, 0) is 12.6 Å².